The number of phenols is 1. The molecule has 0 unspecified atom stereocenters. The Morgan fingerprint density at radius 3 is 2.80 bits per heavy atom. The zero-order valence-corrected chi connectivity index (χ0v) is 18.7. The van der Waals surface area contributed by atoms with E-state index in [1.54, 1.807) is 17.0 Å². The normalized spacial score (nSPS) is 19.4. The number of aromatic hydroxyl groups is 1. The van der Waals surface area contributed by atoms with E-state index >= 15 is 0 Å². The van der Waals surface area contributed by atoms with Crippen molar-refractivity contribution in [3.8, 4) is 17.6 Å². The van der Waals surface area contributed by atoms with Crippen molar-refractivity contribution in [2.75, 3.05) is 19.7 Å². The van der Waals surface area contributed by atoms with Crippen LogP contribution in [0, 0.1) is 11.3 Å². The zero-order chi connectivity index (χ0) is 21.3. The molecule has 2 aromatic rings. The highest BCUT2D eigenvalue weighted by Gasteiger charge is 2.38. The molecular formula is C22H20BrN3O3S. The van der Waals surface area contributed by atoms with Crippen LogP contribution in [0.15, 0.2) is 57.5 Å². The maximum atomic E-state index is 13.0. The number of fused-ring (bicyclic) bond motifs is 1. The van der Waals surface area contributed by atoms with Crippen molar-refractivity contribution in [2.45, 2.75) is 18.9 Å². The molecule has 0 aromatic heterocycles. The predicted molar refractivity (Wildman–Crippen MR) is 119 cm³/mol. The first kappa shape index (κ1) is 20.8. The van der Waals surface area contributed by atoms with E-state index < -0.39 is 0 Å². The summed E-state index contributed by atoms with van der Waals surface area (Å²) in [6.45, 7) is 1.22. The van der Waals surface area contributed by atoms with Crippen LogP contribution >= 0.6 is 27.7 Å². The molecule has 0 saturated carbocycles. The molecule has 1 N–H and O–H groups in total. The third-order valence-corrected chi connectivity index (χ3v) is 7.08. The van der Waals surface area contributed by atoms with Gasteiger partial charge < -0.3 is 9.84 Å². The van der Waals surface area contributed by atoms with Gasteiger partial charge in [0.1, 0.15) is 0 Å². The number of carbonyl (C=O) groups excluding carboxylic acids is 1. The molecule has 0 radical (unpaired) electrons. The third-order valence-electron chi connectivity index (χ3n) is 5.27. The largest absolute Gasteiger partial charge is 0.503 e. The molecule has 1 atom stereocenters. The molecule has 1 saturated heterocycles. The quantitative estimate of drug-likeness (QED) is 0.692. The Hall–Kier alpha value is -2.47. The number of ether oxygens (including phenoxy) is 1. The lowest BCUT2D eigenvalue weighted by atomic mass is 9.86. The van der Waals surface area contributed by atoms with Crippen LogP contribution in [0.25, 0.3) is 0 Å². The molecule has 2 aliphatic heterocycles. The van der Waals surface area contributed by atoms with Crippen molar-refractivity contribution in [2.24, 2.45) is 0 Å². The standard InChI is InChI=1S/C22H20BrN3O3S/c1-29-19-8-15(7-18(23)21(19)28)16-9-20(27)26-12-25(11-14-5-3-2-4-6-14)13-30-22(26)17(16)10-24/h2-8,16,28H,9,11-13H2,1H3/t16-/m1/s1. The number of amides is 1. The van der Waals surface area contributed by atoms with Crippen LogP contribution < -0.4 is 4.74 Å². The van der Waals surface area contributed by atoms with E-state index in [4.69, 9.17) is 4.74 Å². The molecule has 6 nitrogen and oxygen atoms in total. The van der Waals surface area contributed by atoms with Crippen LogP contribution in [0.5, 0.6) is 11.5 Å². The summed E-state index contributed by atoms with van der Waals surface area (Å²) in [6.07, 6.45) is 0.201. The Morgan fingerprint density at radius 2 is 2.10 bits per heavy atom. The fourth-order valence-corrected chi connectivity index (χ4v) is 5.38. The van der Waals surface area contributed by atoms with Gasteiger partial charge in [-0.25, -0.2) is 0 Å². The Balaban J connectivity index is 1.63. The molecular weight excluding hydrogens is 466 g/mol. The average molecular weight is 486 g/mol. The minimum Gasteiger partial charge on any atom is -0.503 e. The summed E-state index contributed by atoms with van der Waals surface area (Å²) >= 11 is 4.86. The highest BCUT2D eigenvalue weighted by atomic mass is 79.9. The first-order chi connectivity index (χ1) is 14.5. The van der Waals surface area contributed by atoms with Crippen molar-refractivity contribution in [1.82, 2.24) is 9.80 Å². The summed E-state index contributed by atoms with van der Waals surface area (Å²) in [7, 11) is 1.47. The lowest BCUT2D eigenvalue weighted by Gasteiger charge is -2.41. The van der Waals surface area contributed by atoms with E-state index in [2.05, 4.69) is 39.0 Å². The van der Waals surface area contributed by atoms with Crippen molar-refractivity contribution in [1.29, 1.82) is 5.26 Å². The van der Waals surface area contributed by atoms with Gasteiger partial charge in [-0.05, 0) is 39.2 Å². The van der Waals surface area contributed by atoms with Crippen LogP contribution in [0.1, 0.15) is 23.5 Å². The van der Waals surface area contributed by atoms with Gasteiger partial charge in [-0.2, -0.15) is 5.26 Å². The Kier molecular flexibility index (Phi) is 6.04. The number of phenolic OH excluding ortho intramolecular Hbond substituents is 1. The van der Waals surface area contributed by atoms with Gasteiger partial charge >= 0.3 is 0 Å². The van der Waals surface area contributed by atoms with Gasteiger partial charge in [-0.15, -0.1) is 0 Å². The summed E-state index contributed by atoms with van der Waals surface area (Å²) in [6, 6.07) is 15.9. The smallest absolute Gasteiger partial charge is 0.229 e. The number of nitriles is 1. The Labute approximate surface area is 187 Å². The van der Waals surface area contributed by atoms with E-state index in [0.717, 1.165) is 17.1 Å². The molecule has 0 aliphatic carbocycles. The van der Waals surface area contributed by atoms with Gasteiger partial charge in [-0.1, -0.05) is 42.1 Å². The van der Waals surface area contributed by atoms with Crippen LogP contribution in [0.2, 0.25) is 0 Å². The van der Waals surface area contributed by atoms with E-state index in [0.29, 0.717) is 28.3 Å². The van der Waals surface area contributed by atoms with Gasteiger partial charge in [0.15, 0.2) is 11.5 Å². The fraction of sp³-hybridized carbons (Fsp3) is 0.273. The van der Waals surface area contributed by atoms with Crippen LogP contribution in [-0.2, 0) is 11.3 Å². The van der Waals surface area contributed by atoms with Crippen molar-refractivity contribution in [3.05, 3.63) is 68.7 Å². The fourth-order valence-electron chi connectivity index (χ4n) is 3.78. The Bertz CT molecular complexity index is 1050. The number of carbonyl (C=O) groups is 1. The Morgan fingerprint density at radius 1 is 1.33 bits per heavy atom. The van der Waals surface area contributed by atoms with Gasteiger partial charge in [0.2, 0.25) is 5.91 Å². The minimum atomic E-state index is -0.368. The number of methoxy groups -OCH3 is 1. The molecule has 0 spiro atoms. The lowest BCUT2D eigenvalue weighted by Crippen LogP contribution is -2.46. The number of hydrogen-bond donors (Lipinski definition) is 1. The van der Waals surface area contributed by atoms with Crippen LogP contribution in [0.4, 0.5) is 0 Å². The average Bonchev–Trinajstić information content (AvgIpc) is 2.76. The first-order valence-corrected chi connectivity index (χ1v) is 11.2. The van der Waals surface area contributed by atoms with E-state index in [1.807, 2.05) is 18.2 Å². The monoisotopic (exact) mass is 485 g/mol. The summed E-state index contributed by atoms with van der Waals surface area (Å²) in [4.78, 5) is 16.9. The minimum absolute atomic E-state index is 0.000214. The van der Waals surface area contributed by atoms with E-state index in [1.165, 1.54) is 24.4 Å². The number of nitrogens with zero attached hydrogens (tertiary/aromatic N) is 3. The molecule has 4 rings (SSSR count). The maximum Gasteiger partial charge on any atom is 0.229 e. The number of allylic oxidation sites excluding steroid dienone is 1. The third kappa shape index (κ3) is 3.93. The van der Waals surface area contributed by atoms with Crippen molar-refractivity contribution in [3.63, 3.8) is 0 Å². The van der Waals surface area contributed by atoms with E-state index in [9.17, 15) is 15.2 Å². The number of benzene rings is 2. The van der Waals surface area contributed by atoms with Gasteiger partial charge in [0.05, 0.1) is 40.8 Å². The second-order valence-electron chi connectivity index (χ2n) is 7.19. The second kappa shape index (κ2) is 8.72. The molecule has 2 heterocycles. The van der Waals surface area contributed by atoms with Crippen molar-refractivity contribution >= 4 is 33.6 Å². The molecule has 8 heteroatoms. The number of halogens is 1. The number of rotatable bonds is 4. The highest BCUT2D eigenvalue weighted by Crippen LogP contribution is 2.45. The van der Waals surface area contributed by atoms with Crippen LogP contribution in [0.3, 0.4) is 0 Å². The number of hydrogen-bond acceptors (Lipinski definition) is 6. The summed E-state index contributed by atoms with van der Waals surface area (Å²) in [5.74, 6) is 0.630. The first-order valence-electron chi connectivity index (χ1n) is 9.42. The van der Waals surface area contributed by atoms with Crippen molar-refractivity contribution < 1.29 is 14.6 Å². The molecule has 30 heavy (non-hydrogen) atoms. The van der Waals surface area contributed by atoms with E-state index in [-0.39, 0.29) is 24.0 Å². The summed E-state index contributed by atoms with van der Waals surface area (Å²) in [5, 5.41) is 20.8. The number of thioether (sulfide) groups is 1. The molecule has 154 valence electrons. The summed E-state index contributed by atoms with van der Waals surface area (Å²) < 4.78 is 5.72. The van der Waals surface area contributed by atoms with Crippen LogP contribution in [-0.4, -0.2) is 40.5 Å². The molecule has 2 aliphatic rings. The predicted octanol–water partition coefficient (Wildman–Crippen LogP) is 4.38. The molecule has 1 amide bonds. The molecule has 1 fully saturated rings. The summed E-state index contributed by atoms with van der Waals surface area (Å²) in [5.41, 5.74) is 2.54. The second-order valence-corrected chi connectivity index (χ2v) is 8.98. The zero-order valence-electron chi connectivity index (χ0n) is 16.3. The topological polar surface area (TPSA) is 76.8 Å². The lowest BCUT2D eigenvalue weighted by molar-refractivity contribution is -0.131. The van der Waals surface area contributed by atoms with Gasteiger partial charge in [0.25, 0.3) is 0 Å². The van der Waals surface area contributed by atoms with Gasteiger partial charge in [0, 0.05) is 18.9 Å². The molecule has 2 aromatic carbocycles. The SMILES string of the molecule is COc1cc([C@H]2CC(=O)N3CN(Cc4ccccc4)CSC3=C2C#N)cc(Br)c1O. The highest BCUT2D eigenvalue weighted by molar-refractivity contribution is 9.10. The van der Waals surface area contributed by atoms with Gasteiger partial charge in [-0.3, -0.25) is 14.6 Å². The molecule has 0 bridgehead atoms. The maximum absolute atomic E-state index is 13.0.